The molecule has 1 aromatic carbocycles. The maximum absolute atomic E-state index is 13.6. The molecule has 142 valence electrons. The molecule has 0 saturated carbocycles. The molecule has 0 aliphatic rings. The fourth-order valence-corrected chi connectivity index (χ4v) is 2.80. The molecule has 0 fully saturated rings. The second-order valence-electron chi connectivity index (χ2n) is 5.93. The highest BCUT2D eigenvalue weighted by atomic mass is 19.4. The Hall–Kier alpha value is -2.94. The van der Waals surface area contributed by atoms with E-state index in [4.69, 9.17) is 4.74 Å². The number of nitrogens with one attached hydrogen (secondary N) is 1. The van der Waals surface area contributed by atoms with Crippen LogP contribution in [0.25, 0.3) is 11.0 Å². The Labute approximate surface area is 151 Å². The number of alkyl halides is 3. The van der Waals surface area contributed by atoms with Gasteiger partial charge in [-0.2, -0.15) is 13.2 Å². The third kappa shape index (κ3) is 3.92. The summed E-state index contributed by atoms with van der Waals surface area (Å²) >= 11 is 0. The number of benzene rings is 1. The van der Waals surface area contributed by atoms with Crippen molar-refractivity contribution in [3.05, 3.63) is 74.1 Å². The van der Waals surface area contributed by atoms with Gasteiger partial charge in [0.15, 0.2) is 5.65 Å². The number of nitrogens with zero attached hydrogens (tertiary/aromatic N) is 2. The number of H-pyrrole nitrogens is 1. The summed E-state index contributed by atoms with van der Waals surface area (Å²) in [5, 5.41) is -0.654. The monoisotopic (exact) mass is 379 g/mol. The number of hydrogen-bond acceptors (Lipinski definition) is 4. The zero-order chi connectivity index (χ0) is 19.6. The highest BCUT2D eigenvalue weighted by Crippen LogP contribution is 2.33. The maximum Gasteiger partial charge on any atom is 0.417 e. The second kappa shape index (κ2) is 7.36. The molecular formula is C18H16F3N3O3. The predicted octanol–water partition coefficient (Wildman–Crippen LogP) is 2.34. The van der Waals surface area contributed by atoms with Crippen molar-refractivity contribution < 1.29 is 17.9 Å². The zero-order valence-electron chi connectivity index (χ0n) is 14.3. The van der Waals surface area contributed by atoms with Crippen molar-refractivity contribution in [3.8, 4) is 0 Å². The smallest absolute Gasteiger partial charge is 0.384 e. The van der Waals surface area contributed by atoms with E-state index < -0.39 is 28.4 Å². The lowest BCUT2D eigenvalue weighted by atomic mass is 10.1. The molecule has 0 aliphatic heterocycles. The van der Waals surface area contributed by atoms with E-state index in [-0.39, 0.29) is 30.9 Å². The molecule has 2 aromatic heterocycles. The topological polar surface area (TPSA) is 77.0 Å². The van der Waals surface area contributed by atoms with E-state index in [1.807, 2.05) is 4.98 Å². The van der Waals surface area contributed by atoms with E-state index in [0.717, 1.165) is 10.6 Å². The number of aromatic amines is 1. The maximum atomic E-state index is 13.6. The van der Waals surface area contributed by atoms with Crippen LogP contribution in [0.4, 0.5) is 13.2 Å². The minimum absolute atomic E-state index is 0.0228. The Kier molecular flexibility index (Phi) is 5.13. The summed E-state index contributed by atoms with van der Waals surface area (Å²) in [5.74, 6) is 0. The molecule has 0 spiro atoms. The summed E-state index contributed by atoms with van der Waals surface area (Å²) in [6.45, 7) is 0.132. The Morgan fingerprint density at radius 3 is 2.52 bits per heavy atom. The van der Waals surface area contributed by atoms with Gasteiger partial charge >= 0.3 is 11.9 Å². The molecule has 9 heteroatoms. The molecule has 1 N–H and O–H groups in total. The summed E-state index contributed by atoms with van der Waals surface area (Å²) in [5.41, 5.74) is -2.58. The van der Waals surface area contributed by atoms with Gasteiger partial charge in [0.2, 0.25) is 0 Å². The summed E-state index contributed by atoms with van der Waals surface area (Å²) in [6.07, 6.45) is -4.66. The number of halogens is 3. The Morgan fingerprint density at radius 1 is 1.19 bits per heavy atom. The molecule has 27 heavy (non-hydrogen) atoms. The number of fused-ring (bicyclic) bond motifs is 1. The summed E-state index contributed by atoms with van der Waals surface area (Å²) in [7, 11) is 1.42. The van der Waals surface area contributed by atoms with Crippen LogP contribution in [-0.4, -0.2) is 28.3 Å². The first-order valence-corrected chi connectivity index (χ1v) is 8.08. The molecule has 0 amide bonds. The molecular weight excluding hydrogens is 363 g/mol. The third-order valence-corrected chi connectivity index (χ3v) is 4.05. The van der Waals surface area contributed by atoms with Crippen molar-refractivity contribution in [2.75, 3.05) is 13.7 Å². The second-order valence-corrected chi connectivity index (χ2v) is 5.93. The van der Waals surface area contributed by atoms with Crippen molar-refractivity contribution in [1.29, 1.82) is 0 Å². The molecule has 0 unspecified atom stereocenters. The van der Waals surface area contributed by atoms with E-state index in [9.17, 15) is 22.8 Å². The van der Waals surface area contributed by atoms with Gasteiger partial charge in [-0.15, -0.1) is 0 Å². The van der Waals surface area contributed by atoms with E-state index in [1.165, 1.54) is 7.11 Å². The van der Waals surface area contributed by atoms with Crippen molar-refractivity contribution in [1.82, 2.24) is 14.5 Å². The first kappa shape index (κ1) is 18.8. The van der Waals surface area contributed by atoms with Crippen LogP contribution in [-0.2, 0) is 23.9 Å². The van der Waals surface area contributed by atoms with Gasteiger partial charge in [0.05, 0.1) is 24.1 Å². The minimum atomic E-state index is -4.77. The molecule has 0 saturated heterocycles. The van der Waals surface area contributed by atoms with Gasteiger partial charge < -0.3 is 4.74 Å². The number of rotatable bonds is 5. The Bertz CT molecular complexity index is 1070. The summed E-state index contributed by atoms with van der Waals surface area (Å²) in [4.78, 5) is 30.6. The summed E-state index contributed by atoms with van der Waals surface area (Å²) in [6, 6.07) is 9.54. The van der Waals surface area contributed by atoms with Crippen molar-refractivity contribution in [3.63, 3.8) is 0 Å². The average molecular weight is 379 g/mol. The molecule has 3 rings (SSSR count). The largest absolute Gasteiger partial charge is 0.417 e. The van der Waals surface area contributed by atoms with E-state index >= 15 is 0 Å². The number of methoxy groups -OCH3 is 1. The van der Waals surface area contributed by atoms with Gasteiger partial charge in [-0.1, -0.05) is 30.3 Å². The first-order valence-electron chi connectivity index (χ1n) is 8.08. The molecule has 0 atom stereocenters. The van der Waals surface area contributed by atoms with Crippen molar-refractivity contribution in [2.24, 2.45) is 0 Å². The van der Waals surface area contributed by atoms with Crippen LogP contribution in [0.3, 0.4) is 0 Å². The van der Waals surface area contributed by atoms with E-state index in [2.05, 4.69) is 4.98 Å². The van der Waals surface area contributed by atoms with Crippen molar-refractivity contribution >= 4 is 11.0 Å². The molecule has 3 aromatic rings. The van der Waals surface area contributed by atoms with Crippen LogP contribution < -0.4 is 11.2 Å². The predicted molar refractivity (Wildman–Crippen MR) is 92.7 cm³/mol. The van der Waals surface area contributed by atoms with Gasteiger partial charge in [0.1, 0.15) is 0 Å². The molecule has 2 heterocycles. The van der Waals surface area contributed by atoms with Gasteiger partial charge in [-0.05, 0) is 11.6 Å². The SMILES string of the molecule is COCCc1cc(C(F)(F)F)c2c(=O)[nH]c(=O)n(Cc3ccccc3)c2n1. The van der Waals surface area contributed by atoms with Crippen LogP contribution in [0.2, 0.25) is 0 Å². The van der Waals surface area contributed by atoms with Crippen LogP contribution in [0.15, 0.2) is 46.0 Å². The number of ether oxygens (including phenoxy) is 1. The molecule has 0 radical (unpaired) electrons. The van der Waals surface area contributed by atoms with Crippen LogP contribution in [0.5, 0.6) is 0 Å². The van der Waals surface area contributed by atoms with Gasteiger partial charge in [0, 0.05) is 19.2 Å². The van der Waals surface area contributed by atoms with Crippen LogP contribution in [0, 0.1) is 0 Å². The number of aromatic nitrogens is 3. The third-order valence-electron chi connectivity index (χ3n) is 4.05. The van der Waals surface area contributed by atoms with Crippen LogP contribution >= 0.6 is 0 Å². The highest BCUT2D eigenvalue weighted by molar-refractivity contribution is 5.79. The fourth-order valence-electron chi connectivity index (χ4n) is 2.80. The number of pyridine rings is 1. The average Bonchev–Trinajstić information content (AvgIpc) is 2.62. The molecule has 6 nitrogen and oxygen atoms in total. The number of hydrogen-bond donors (Lipinski definition) is 1. The lowest BCUT2D eigenvalue weighted by Crippen LogP contribution is -2.33. The standard InChI is InChI=1S/C18H16F3N3O3/c1-27-8-7-12-9-13(18(19,20)21)14-15(22-12)24(17(26)23-16(14)25)10-11-5-3-2-4-6-11/h2-6,9H,7-8,10H2,1H3,(H,23,25,26). The minimum Gasteiger partial charge on any atom is -0.384 e. The van der Waals surface area contributed by atoms with Gasteiger partial charge in [-0.3, -0.25) is 14.3 Å². The van der Waals surface area contributed by atoms with Gasteiger partial charge in [0.25, 0.3) is 5.56 Å². The van der Waals surface area contributed by atoms with E-state index in [0.29, 0.717) is 5.56 Å². The molecule has 0 aliphatic carbocycles. The van der Waals surface area contributed by atoms with Crippen molar-refractivity contribution in [2.45, 2.75) is 19.1 Å². The lowest BCUT2D eigenvalue weighted by Gasteiger charge is -2.15. The lowest BCUT2D eigenvalue weighted by molar-refractivity contribution is -0.136. The fraction of sp³-hybridized carbons (Fsp3) is 0.278. The van der Waals surface area contributed by atoms with Gasteiger partial charge in [-0.25, -0.2) is 9.78 Å². The Balaban J connectivity index is 2.32. The zero-order valence-corrected chi connectivity index (χ0v) is 14.3. The highest BCUT2D eigenvalue weighted by Gasteiger charge is 2.35. The molecule has 0 bridgehead atoms. The first-order chi connectivity index (χ1) is 12.8. The quantitative estimate of drug-likeness (QED) is 0.738. The normalized spacial score (nSPS) is 11.9. The van der Waals surface area contributed by atoms with E-state index in [1.54, 1.807) is 30.3 Å². The Morgan fingerprint density at radius 2 is 1.89 bits per heavy atom. The van der Waals surface area contributed by atoms with Crippen LogP contribution in [0.1, 0.15) is 16.8 Å². The summed E-state index contributed by atoms with van der Waals surface area (Å²) < 4.78 is 46.6.